The molecule has 2 aliphatic heterocycles. The first-order valence-electron chi connectivity index (χ1n) is 11.7. The molecule has 1 saturated heterocycles. The SMILES string of the molecule is COc1cc2c(cc1OC)CN(Cc1cnc(N3CCCC3)n3nc(-c4ccco4)nc13)CC2. The molecule has 0 atom stereocenters. The van der Waals surface area contributed by atoms with Gasteiger partial charge in [0.1, 0.15) is 0 Å². The molecule has 0 unspecified atom stereocenters. The number of methoxy groups -OCH3 is 2. The van der Waals surface area contributed by atoms with Crippen LogP contribution < -0.4 is 14.4 Å². The van der Waals surface area contributed by atoms with Crippen LogP contribution in [-0.2, 0) is 19.5 Å². The molecular formula is C25H28N6O3. The topological polar surface area (TPSA) is 81.2 Å². The van der Waals surface area contributed by atoms with E-state index in [1.807, 2.05) is 22.8 Å². The van der Waals surface area contributed by atoms with Gasteiger partial charge in [-0.25, -0.2) is 9.97 Å². The van der Waals surface area contributed by atoms with E-state index in [9.17, 15) is 0 Å². The monoisotopic (exact) mass is 460 g/mol. The lowest BCUT2D eigenvalue weighted by molar-refractivity contribution is 0.244. The molecule has 0 amide bonds. The summed E-state index contributed by atoms with van der Waals surface area (Å²) in [7, 11) is 3.36. The molecule has 0 saturated carbocycles. The molecule has 1 aromatic carbocycles. The van der Waals surface area contributed by atoms with Crippen LogP contribution in [0.1, 0.15) is 29.5 Å². The summed E-state index contributed by atoms with van der Waals surface area (Å²) in [6.07, 6.45) is 6.91. The van der Waals surface area contributed by atoms with Gasteiger partial charge in [0.2, 0.25) is 11.8 Å². The average molecular weight is 461 g/mol. The molecule has 176 valence electrons. The highest BCUT2D eigenvalue weighted by Gasteiger charge is 2.24. The Balaban J connectivity index is 1.33. The summed E-state index contributed by atoms with van der Waals surface area (Å²) in [6, 6.07) is 7.94. The quantitative estimate of drug-likeness (QED) is 0.432. The number of ether oxygens (including phenoxy) is 2. The van der Waals surface area contributed by atoms with Gasteiger partial charge in [0.15, 0.2) is 22.9 Å². The molecule has 6 rings (SSSR count). The van der Waals surface area contributed by atoms with Crippen molar-refractivity contribution in [1.82, 2.24) is 24.5 Å². The van der Waals surface area contributed by atoms with Crippen LogP contribution in [0.3, 0.4) is 0 Å². The lowest BCUT2D eigenvalue weighted by atomic mass is 9.98. The van der Waals surface area contributed by atoms with Gasteiger partial charge >= 0.3 is 0 Å². The van der Waals surface area contributed by atoms with Crippen LogP contribution in [-0.4, -0.2) is 58.3 Å². The van der Waals surface area contributed by atoms with Crippen LogP contribution in [0.5, 0.6) is 11.5 Å². The Hall–Kier alpha value is -3.59. The number of anilines is 1. The van der Waals surface area contributed by atoms with Crippen molar-refractivity contribution in [2.45, 2.75) is 32.4 Å². The lowest BCUT2D eigenvalue weighted by Gasteiger charge is -2.29. The summed E-state index contributed by atoms with van der Waals surface area (Å²) in [4.78, 5) is 14.4. The largest absolute Gasteiger partial charge is 0.493 e. The predicted molar refractivity (Wildman–Crippen MR) is 127 cm³/mol. The second kappa shape index (κ2) is 8.64. The van der Waals surface area contributed by atoms with Crippen molar-refractivity contribution in [3.63, 3.8) is 0 Å². The zero-order valence-electron chi connectivity index (χ0n) is 19.5. The maximum absolute atomic E-state index is 5.58. The minimum absolute atomic E-state index is 0.584. The highest BCUT2D eigenvalue weighted by molar-refractivity contribution is 5.58. The standard InChI is InChI=1S/C25H28N6O3/c1-32-21-12-17-7-10-29(15-18(17)13-22(21)33-2)16-19-14-26-25(30-8-3-4-9-30)31-24(19)27-23(28-31)20-6-5-11-34-20/h5-6,11-14H,3-4,7-10,15-16H2,1-2H3. The first-order chi connectivity index (χ1) is 16.7. The van der Waals surface area contributed by atoms with E-state index in [2.05, 4.69) is 21.9 Å². The van der Waals surface area contributed by atoms with Crippen LogP contribution in [0.2, 0.25) is 0 Å². The van der Waals surface area contributed by atoms with Gasteiger partial charge in [0.25, 0.3) is 0 Å². The van der Waals surface area contributed by atoms with E-state index in [1.54, 1.807) is 20.5 Å². The van der Waals surface area contributed by atoms with Gasteiger partial charge in [0, 0.05) is 44.5 Å². The number of rotatable bonds is 6. The molecule has 3 aromatic heterocycles. The molecule has 0 aliphatic carbocycles. The molecular weight excluding hydrogens is 432 g/mol. The smallest absolute Gasteiger partial charge is 0.228 e. The van der Waals surface area contributed by atoms with Crippen molar-refractivity contribution >= 4 is 11.6 Å². The van der Waals surface area contributed by atoms with Crippen LogP contribution in [0.15, 0.2) is 41.1 Å². The second-order valence-corrected chi connectivity index (χ2v) is 8.86. The van der Waals surface area contributed by atoms with E-state index in [4.69, 9.17) is 29.0 Å². The minimum Gasteiger partial charge on any atom is -0.493 e. The van der Waals surface area contributed by atoms with Gasteiger partial charge in [0.05, 0.1) is 20.5 Å². The molecule has 5 heterocycles. The van der Waals surface area contributed by atoms with Crippen LogP contribution >= 0.6 is 0 Å². The fraction of sp³-hybridized carbons (Fsp3) is 0.400. The van der Waals surface area contributed by atoms with Crippen molar-refractivity contribution < 1.29 is 13.9 Å². The van der Waals surface area contributed by atoms with Gasteiger partial charge in [-0.1, -0.05) is 0 Å². The molecule has 4 aromatic rings. The van der Waals surface area contributed by atoms with Gasteiger partial charge in [-0.05, 0) is 54.7 Å². The van der Waals surface area contributed by atoms with Gasteiger partial charge in [-0.15, -0.1) is 5.10 Å². The molecule has 2 aliphatic rings. The highest BCUT2D eigenvalue weighted by atomic mass is 16.5. The zero-order valence-corrected chi connectivity index (χ0v) is 19.5. The third-order valence-electron chi connectivity index (χ3n) is 6.74. The Kier molecular flexibility index (Phi) is 5.33. The fourth-order valence-corrected chi connectivity index (χ4v) is 4.98. The minimum atomic E-state index is 0.584. The van der Waals surface area contributed by atoms with Crippen molar-refractivity contribution in [3.05, 3.63) is 53.4 Å². The Bertz CT molecular complexity index is 1310. The molecule has 0 bridgehead atoms. The number of furan rings is 1. The highest BCUT2D eigenvalue weighted by Crippen LogP contribution is 2.34. The third kappa shape index (κ3) is 3.66. The Morgan fingerprint density at radius 2 is 1.82 bits per heavy atom. The van der Waals surface area contributed by atoms with Crippen LogP contribution in [0.25, 0.3) is 17.2 Å². The predicted octanol–water partition coefficient (Wildman–Crippen LogP) is 3.56. The fourth-order valence-electron chi connectivity index (χ4n) is 4.98. The van der Waals surface area contributed by atoms with Crippen molar-refractivity contribution in [2.24, 2.45) is 0 Å². The van der Waals surface area contributed by atoms with E-state index in [0.29, 0.717) is 11.6 Å². The summed E-state index contributed by atoms with van der Waals surface area (Å²) in [5.41, 5.74) is 4.46. The van der Waals surface area contributed by atoms with Crippen molar-refractivity contribution in [2.75, 3.05) is 38.8 Å². The number of fused-ring (bicyclic) bond motifs is 2. The normalized spacial score (nSPS) is 16.2. The third-order valence-corrected chi connectivity index (χ3v) is 6.74. The summed E-state index contributed by atoms with van der Waals surface area (Å²) < 4.78 is 18.5. The van der Waals surface area contributed by atoms with E-state index in [1.165, 1.54) is 24.0 Å². The van der Waals surface area contributed by atoms with E-state index < -0.39 is 0 Å². The second-order valence-electron chi connectivity index (χ2n) is 8.86. The molecule has 0 spiro atoms. The summed E-state index contributed by atoms with van der Waals surface area (Å²) >= 11 is 0. The Morgan fingerprint density at radius 3 is 2.56 bits per heavy atom. The first-order valence-corrected chi connectivity index (χ1v) is 11.7. The number of hydrogen-bond donors (Lipinski definition) is 0. The first kappa shape index (κ1) is 21.0. The molecule has 34 heavy (non-hydrogen) atoms. The van der Waals surface area contributed by atoms with Crippen molar-refractivity contribution in [1.29, 1.82) is 0 Å². The summed E-state index contributed by atoms with van der Waals surface area (Å²) in [6.45, 7) is 4.49. The van der Waals surface area contributed by atoms with Gasteiger partial charge in [-0.3, -0.25) is 4.90 Å². The molecule has 1 fully saturated rings. The van der Waals surface area contributed by atoms with E-state index in [-0.39, 0.29) is 0 Å². The number of nitrogens with zero attached hydrogens (tertiary/aromatic N) is 6. The number of hydrogen-bond acceptors (Lipinski definition) is 8. The number of benzene rings is 1. The molecule has 9 heteroatoms. The van der Waals surface area contributed by atoms with Crippen molar-refractivity contribution in [3.8, 4) is 23.1 Å². The van der Waals surface area contributed by atoms with Gasteiger partial charge < -0.3 is 18.8 Å². The molecule has 9 nitrogen and oxygen atoms in total. The van der Waals surface area contributed by atoms with E-state index >= 15 is 0 Å². The average Bonchev–Trinajstić information content (AvgIpc) is 3.64. The Labute approximate surface area is 197 Å². The molecule has 0 N–H and O–H groups in total. The van der Waals surface area contributed by atoms with Crippen LogP contribution in [0.4, 0.5) is 5.95 Å². The maximum atomic E-state index is 5.58. The lowest BCUT2D eigenvalue weighted by Crippen LogP contribution is -2.30. The summed E-state index contributed by atoms with van der Waals surface area (Å²) in [5, 5.41) is 4.79. The van der Waals surface area contributed by atoms with E-state index in [0.717, 1.165) is 67.8 Å². The maximum Gasteiger partial charge on any atom is 0.228 e. The van der Waals surface area contributed by atoms with Gasteiger partial charge in [-0.2, -0.15) is 4.52 Å². The zero-order chi connectivity index (χ0) is 23.1. The summed E-state index contributed by atoms with van der Waals surface area (Å²) in [5.74, 6) is 3.65. The Morgan fingerprint density at radius 1 is 1.03 bits per heavy atom. The number of aromatic nitrogens is 4. The van der Waals surface area contributed by atoms with Crippen LogP contribution in [0, 0.1) is 0 Å². The molecule has 0 radical (unpaired) electrons.